The van der Waals surface area contributed by atoms with Gasteiger partial charge in [-0.05, 0) is 25.0 Å². The van der Waals surface area contributed by atoms with Gasteiger partial charge in [0, 0.05) is 0 Å². The molecule has 2 rings (SSSR count). The molecule has 3 N–H and O–H groups in total. The van der Waals surface area contributed by atoms with Crippen molar-refractivity contribution in [3.05, 3.63) is 30.1 Å². The molecule has 0 atom stereocenters. The number of hydrogen-bond donors (Lipinski definition) is 3. The lowest BCUT2D eigenvalue weighted by Crippen LogP contribution is -2.56. The number of carbonyl (C=O) groups excluding carboxylic acids is 1. The fourth-order valence-electron chi connectivity index (χ4n) is 2.48. The summed E-state index contributed by atoms with van der Waals surface area (Å²) in [6.07, 6.45) is 3.27. The molecule has 1 saturated carbocycles. The third-order valence-corrected chi connectivity index (χ3v) is 3.59. The van der Waals surface area contributed by atoms with Crippen molar-refractivity contribution >= 4 is 17.7 Å². The van der Waals surface area contributed by atoms with Crippen molar-refractivity contribution in [1.29, 1.82) is 0 Å². The van der Waals surface area contributed by atoms with Gasteiger partial charge in [0.1, 0.15) is 11.4 Å². The highest BCUT2D eigenvalue weighted by atomic mass is 19.1. The molecule has 0 unspecified atom stereocenters. The molecular weight excluding hydrogens is 263 g/mol. The van der Waals surface area contributed by atoms with Gasteiger partial charge in [-0.2, -0.15) is 0 Å². The lowest BCUT2D eigenvalue weighted by atomic mass is 9.82. The van der Waals surface area contributed by atoms with Crippen molar-refractivity contribution in [3.63, 3.8) is 0 Å². The number of carboxylic acid groups (broad SMARTS) is 1. The number of aliphatic carboxylic acids is 1. The monoisotopic (exact) mass is 280 g/mol. The minimum atomic E-state index is -1.24. The van der Waals surface area contributed by atoms with Crippen LogP contribution in [0.1, 0.15) is 32.1 Å². The average molecular weight is 280 g/mol. The molecule has 0 heterocycles. The van der Waals surface area contributed by atoms with E-state index < -0.39 is 23.4 Å². The zero-order valence-corrected chi connectivity index (χ0v) is 11.0. The maximum atomic E-state index is 13.4. The molecule has 20 heavy (non-hydrogen) atoms. The Morgan fingerprint density at radius 1 is 1.15 bits per heavy atom. The van der Waals surface area contributed by atoms with Crippen LogP contribution in [-0.2, 0) is 4.79 Å². The molecule has 1 aliphatic rings. The maximum absolute atomic E-state index is 13.4. The quantitative estimate of drug-likeness (QED) is 0.796. The van der Waals surface area contributed by atoms with Crippen LogP contribution in [0.3, 0.4) is 0 Å². The normalized spacial score (nSPS) is 17.2. The zero-order valence-electron chi connectivity index (χ0n) is 11.0. The summed E-state index contributed by atoms with van der Waals surface area (Å²) >= 11 is 0. The van der Waals surface area contributed by atoms with E-state index in [-0.39, 0.29) is 5.69 Å². The second-order valence-electron chi connectivity index (χ2n) is 5.01. The molecule has 0 saturated heterocycles. The highest BCUT2D eigenvalue weighted by Gasteiger charge is 2.41. The van der Waals surface area contributed by atoms with E-state index in [1.54, 1.807) is 6.07 Å². The van der Waals surface area contributed by atoms with E-state index in [4.69, 9.17) is 0 Å². The molecule has 1 aliphatic carbocycles. The average Bonchev–Trinajstić information content (AvgIpc) is 2.42. The van der Waals surface area contributed by atoms with Crippen LogP contribution in [0.5, 0.6) is 0 Å². The van der Waals surface area contributed by atoms with Gasteiger partial charge < -0.3 is 15.7 Å². The SMILES string of the molecule is O=C(Nc1ccccc1F)NC1(C(=O)O)CCCCC1. The summed E-state index contributed by atoms with van der Waals surface area (Å²) in [6, 6.07) is 5.05. The highest BCUT2D eigenvalue weighted by Crippen LogP contribution is 2.28. The second kappa shape index (κ2) is 5.90. The van der Waals surface area contributed by atoms with Gasteiger partial charge in [0.05, 0.1) is 5.69 Å². The van der Waals surface area contributed by atoms with Gasteiger partial charge in [0.15, 0.2) is 0 Å². The van der Waals surface area contributed by atoms with E-state index in [1.807, 2.05) is 0 Å². The minimum absolute atomic E-state index is 0.0290. The largest absolute Gasteiger partial charge is 0.480 e. The lowest BCUT2D eigenvalue weighted by Gasteiger charge is -2.33. The molecule has 108 valence electrons. The number of amides is 2. The summed E-state index contributed by atoms with van der Waals surface area (Å²) in [5.74, 6) is -1.60. The standard InChI is InChI=1S/C14H17FN2O3/c15-10-6-2-3-7-11(10)16-13(20)17-14(12(18)19)8-4-1-5-9-14/h2-3,6-7H,1,4-5,8-9H2,(H,18,19)(H2,16,17,20). The number of halogens is 1. The molecule has 0 bridgehead atoms. The van der Waals surface area contributed by atoms with Crippen LogP contribution >= 0.6 is 0 Å². The van der Waals surface area contributed by atoms with Crippen molar-refractivity contribution in [3.8, 4) is 0 Å². The predicted molar refractivity (Wildman–Crippen MR) is 72.0 cm³/mol. The first-order valence-corrected chi connectivity index (χ1v) is 6.61. The Morgan fingerprint density at radius 3 is 2.40 bits per heavy atom. The first-order valence-electron chi connectivity index (χ1n) is 6.61. The van der Waals surface area contributed by atoms with Gasteiger partial charge in [-0.25, -0.2) is 14.0 Å². The zero-order chi connectivity index (χ0) is 14.6. The van der Waals surface area contributed by atoms with E-state index >= 15 is 0 Å². The number of rotatable bonds is 3. The van der Waals surface area contributed by atoms with E-state index in [9.17, 15) is 19.1 Å². The van der Waals surface area contributed by atoms with Crippen LogP contribution in [0.15, 0.2) is 24.3 Å². The van der Waals surface area contributed by atoms with Gasteiger partial charge in [-0.1, -0.05) is 31.4 Å². The van der Waals surface area contributed by atoms with Crippen LogP contribution in [0.2, 0.25) is 0 Å². The van der Waals surface area contributed by atoms with Crippen LogP contribution < -0.4 is 10.6 Å². The van der Waals surface area contributed by atoms with Crippen LogP contribution in [-0.4, -0.2) is 22.6 Å². The Balaban J connectivity index is 2.06. The van der Waals surface area contributed by atoms with Crippen molar-refractivity contribution in [2.45, 2.75) is 37.6 Å². The first kappa shape index (κ1) is 14.3. The summed E-state index contributed by atoms with van der Waals surface area (Å²) in [7, 11) is 0. The fourth-order valence-corrected chi connectivity index (χ4v) is 2.48. The Morgan fingerprint density at radius 2 is 1.80 bits per heavy atom. The number of urea groups is 1. The summed E-state index contributed by atoms with van der Waals surface area (Å²) in [6.45, 7) is 0. The molecular formula is C14H17FN2O3. The van der Waals surface area contributed by atoms with Gasteiger partial charge in [-0.15, -0.1) is 0 Å². The van der Waals surface area contributed by atoms with Crippen molar-refractivity contribution in [1.82, 2.24) is 5.32 Å². The first-order chi connectivity index (χ1) is 9.53. The third-order valence-electron chi connectivity index (χ3n) is 3.59. The molecule has 0 radical (unpaired) electrons. The van der Waals surface area contributed by atoms with Crippen LogP contribution in [0.4, 0.5) is 14.9 Å². The van der Waals surface area contributed by atoms with E-state index in [2.05, 4.69) is 10.6 Å². The lowest BCUT2D eigenvalue weighted by molar-refractivity contribution is -0.145. The van der Waals surface area contributed by atoms with Crippen molar-refractivity contribution in [2.24, 2.45) is 0 Å². The fraction of sp³-hybridized carbons (Fsp3) is 0.429. The van der Waals surface area contributed by atoms with E-state index in [0.29, 0.717) is 12.8 Å². The third kappa shape index (κ3) is 3.07. The van der Waals surface area contributed by atoms with Crippen molar-refractivity contribution in [2.75, 3.05) is 5.32 Å². The number of benzene rings is 1. The summed E-state index contributed by atoms with van der Waals surface area (Å²) in [5.41, 5.74) is -1.21. The molecule has 1 aromatic rings. The minimum Gasteiger partial charge on any atom is -0.480 e. The Bertz CT molecular complexity index is 513. The Hall–Kier alpha value is -2.11. The smallest absolute Gasteiger partial charge is 0.329 e. The van der Waals surface area contributed by atoms with E-state index in [1.165, 1.54) is 18.2 Å². The molecule has 2 amide bonds. The topological polar surface area (TPSA) is 78.4 Å². The number of hydrogen-bond acceptors (Lipinski definition) is 2. The summed E-state index contributed by atoms with van der Waals surface area (Å²) in [4.78, 5) is 23.3. The molecule has 1 aromatic carbocycles. The number of nitrogens with one attached hydrogen (secondary N) is 2. The Kier molecular flexibility index (Phi) is 4.22. The number of carboxylic acids is 1. The predicted octanol–water partition coefficient (Wildman–Crippen LogP) is 2.73. The van der Waals surface area contributed by atoms with Crippen molar-refractivity contribution < 1.29 is 19.1 Å². The number of carbonyl (C=O) groups is 2. The molecule has 6 heteroatoms. The number of anilines is 1. The van der Waals surface area contributed by atoms with Crippen LogP contribution in [0.25, 0.3) is 0 Å². The molecule has 1 fully saturated rings. The van der Waals surface area contributed by atoms with Gasteiger partial charge >= 0.3 is 12.0 Å². The van der Waals surface area contributed by atoms with Crippen LogP contribution in [0, 0.1) is 5.82 Å². The molecule has 0 aromatic heterocycles. The van der Waals surface area contributed by atoms with Gasteiger partial charge in [0.2, 0.25) is 0 Å². The highest BCUT2D eigenvalue weighted by molar-refractivity contribution is 5.94. The summed E-state index contributed by atoms with van der Waals surface area (Å²) < 4.78 is 13.4. The van der Waals surface area contributed by atoms with E-state index in [0.717, 1.165) is 19.3 Å². The van der Waals surface area contributed by atoms with Gasteiger partial charge in [0.25, 0.3) is 0 Å². The molecule has 0 aliphatic heterocycles. The maximum Gasteiger partial charge on any atom is 0.329 e. The Labute approximate surface area is 116 Å². The van der Waals surface area contributed by atoms with Gasteiger partial charge in [-0.3, -0.25) is 0 Å². The summed E-state index contributed by atoms with van der Waals surface area (Å²) in [5, 5.41) is 14.2. The molecule has 5 nitrogen and oxygen atoms in total. The molecule has 0 spiro atoms. The number of para-hydroxylation sites is 1. The second-order valence-corrected chi connectivity index (χ2v) is 5.01.